The Hall–Kier alpha value is -2.56. The molecular formula is C16H16N2O3. The summed E-state index contributed by atoms with van der Waals surface area (Å²) in [5, 5.41) is 6.43. The average molecular weight is 284 g/mol. The molecule has 1 saturated heterocycles. The van der Waals surface area contributed by atoms with E-state index >= 15 is 0 Å². The fraction of sp³-hybridized carbons (Fsp3) is 0.250. The van der Waals surface area contributed by atoms with E-state index in [0.717, 1.165) is 11.0 Å². The minimum atomic E-state index is -0.598. The summed E-state index contributed by atoms with van der Waals surface area (Å²) in [6, 6.07) is 8.41. The molecule has 2 heterocycles. The second-order valence-corrected chi connectivity index (χ2v) is 5.10. The van der Waals surface area contributed by atoms with Gasteiger partial charge in [0, 0.05) is 11.8 Å². The average Bonchev–Trinajstić information content (AvgIpc) is 2.87. The van der Waals surface area contributed by atoms with Gasteiger partial charge in [-0.05, 0) is 18.6 Å². The zero-order valence-electron chi connectivity index (χ0n) is 11.5. The van der Waals surface area contributed by atoms with Crippen LogP contribution in [-0.4, -0.2) is 23.9 Å². The molecule has 0 bridgehead atoms. The van der Waals surface area contributed by atoms with E-state index < -0.39 is 12.1 Å². The molecule has 1 fully saturated rings. The lowest BCUT2D eigenvalue weighted by atomic mass is 10.0. The van der Waals surface area contributed by atoms with E-state index in [4.69, 9.17) is 4.42 Å². The Morgan fingerprint density at radius 2 is 1.86 bits per heavy atom. The number of piperazine rings is 1. The molecule has 5 heteroatoms. The topological polar surface area (TPSA) is 71.3 Å². The summed E-state index contributed by atoms with van der Waals surface area (Å²) in [6.45, 7) is 3.58. The van der Waals surface area contributed by atoms with Gasteiger partial charge in [0.1, 0.15) is 23.4 Å². The first-order chi connectivity index (χ1) is 10.2. The third-order valence-electron chi connectivity index (χ3n) is 3.55. The first kappa shape index (κ1) is 13.4. The van der Waals surface area contributed by atoms with E-state index in [2.05, 4.69) is 17.2 Å². The predicted molar refractivity (Wildman–Crippen MR) is 78.6 cm³/mol. The fourth-order valence-electron chi connectivity index (χ4n) is 2.49. The summed E-state index contributed by atoms with van der Waals surface area (Å²) in [6.07, 6.45) is 2.38. The van der Waals surface area contributed by atoms with Gasteiger partial charge < -0.3 is 15.1 Å². The number of carbonyl (C=O) groups excluding carboxylic acids is 2. The second-order valence-electron chi connectivity index (χ2n) is 5.10. The Morgan fingerprint density at radius 1 is 1.14 bits per heavy atom. The molecule has 0 saturated carbocycles. The molecular weight excluding hydrogens is 268 g/mol. The van der Waals surface area contributed by atoms with Crippen LogP contribution in [0.1, 0.15) is 12.2 Å². The molecule has 3 rings (SSSR count). The van der Waals surface area contributed by atoms with Gasteiger partial charge in [-0.3, -0.25) is 9.59 Å². The van der Waals surface area contributed by atoms with Crippen LogP contribution in [0, 0.1) is 0 Å². The predicted octanol–water partition coefficient (Wildman–Crippen LogP) is 1.53. The summed E-state index contributed by atoms with van der Waals surface area (Å²) in [4.78, 5) is 23.9. The highest BCUT2D eigenvalue weighted by Gasteiger charge is 2.33. The maximum absolute atomic E-state index is 12.0. The van der Waals surface area contributed by atoms with Crippen molar-refractivity contribution in [2.45, 2.75) is 24.9 Å². The highest BCUT2D eigenvalue weighted by atomic mass is 16.3. The smallest absolute Gasteiger partial charge is 0.243 e. The maximum atomic E-state index is 12.0. The third-order valence-corrected chi connectivity index (χ3v) is 3.55. The molecule has 108 valence electrons. The van der Waals surface area contributed by atoms with E-state index in [-0.39, 0.29) is 11.8 Å². The number of hydrogen-bond acceptors (Lipinski definition) is 3. The van der Waals surface area contributed by atoms with Crippen molar-refractivity contribution in [3.05, 3.63) is 48.7 Å². The maximum Gasteiger partial charge on any atom is 0.243 e. The SMILES string of the molecule is C=CC[C@H]1NC(=O)C(Cc2cc3ccccc3o2)NC1=O. The summed E-state index contributed by atoms with van der Waals surface area (Å²) in [7, 11) is 0. The molecule has 2 amide bonds. The van der Waals surface area contributed by atoms with Gasteiger partial charge in [0.05, 0.1) is 0 Å². The molecule has 2 aromatic rings. The Balaban J connectivity index is 1.74. The number of rotatable bonds is 4. The van der Waals surface area contributed by atoms with Gasteiger partial charge in [0.2, 0.25) is 11.8 Å². The lowest BCUT2D eigenvalue weighted by Gasteiger charge is -2.28. The molecule has 5 nitrogen and oxygen atoms in total. The van der Waals surface area contributed by atoms with Gasteiger partial charge in [-0.1, -0.05) is 24.3 Å². The number of para-hydroxylation sites is 1. The number of amides is 2. The van der Waals surface area contributed by atoms with Crippen LogP contribution < -0.4 is 10.6 Å². The van der Waals surface area contributed by atoms with Crippen LogP contribution in [0.4, 0.5) is 0 Å². The van der Waals surface area contributed by atoms with E-state index in [0.29, 0.717) is 18.6 Å². The second kappa shape index (κ2) is 5.44. The van der Waals surface area contributed by atoms with Crippen molar-refractivity contribution in [3.8, 4) is 0 Å². The van der Waals surface area contributed by atoms with Crippen LogP contribution in [0.2, 0.25) is 0 Å². The molecule has 1 aliphatic rings. The van der Waals surface area contributed by atoms with Crippen molar-refractivity contribution in [2.24, 2.45) is 0 Å². The van der Waals surface area contributed by atoms with Crippen molar-refractivity contribution >= 4 is 22.8 Å². The summed E-state index contributed by atoms with van der Waals surface area (Å²) >= 11 is 0. The van der Waals surface area contributed by atoms with Crippen LogP contribution >= 0.6 is 0 Å². The highest BCUT2D eigenvalue weighted by Crippen LogP contribution is 2.20. The van der Waals surface area contributed by atoms with Gasteiger partial charge in [-0.2, -0.15) is 0 Å². The first-order valence-corrected chi connectivity index (χ1v) is 6.86. The van der Waals surface area contributed by atoms with E-state index in [1.165, 1.54) is 0 Å². The Morgan fingerprint density at radius 3 is 2.62 bits per heavy atom. The van der Waals surface area contributed by atoms with E-state index in [9.17, 15) is 9.59 Å². The lowest BCUT2D eigenvalue weighted by molar-refractivity contribution is -0.136. The van der Waals surface area contributed by atoms with Crippen molar-refractivity contribution < 1.29 is 14.0 Å². The van der Waals surface area contributed by atoms with Crippen LogP contribution in [0.3, 0.4) is 0 Å². The van der Waals surface area contributed by atoms with Crippen molar-refractivity contribution in [1.82, 2.24) is 10.6 Å². The molecule has 2 atom stereocenters. The van der Waals surface area contributed by atoms with Crippen LogP contribution in [0.15, 0.2) is 47.4 Å². The highest BCUT2D eigenvalue weighted by molar-refractivity contribution is 5.97. The van der Waals surface area contributed by atoms with E-state index in [1.807, 2.05) is 30.3 Å². The third kappa shape index (κ3) is 2.67. The fourth-order valence-corrected chi connectivity index (χ4v) is 2.49. The number of furan rings is 1. The minimum Gasteiger partial charge on any atom is -0.461 e. The van der Waals surface area contributed by atoms with Crippen LogP contribution in [0.25, 0.3) is 11.0 Å². The molecule has 1 unspecified atom stereocenters. The largest absolute Gasteiger partial charge is 0.461 e. The lowest BCUT2D eigenvalue weighted by Crippen LogP contribution is -2.62. The standard InChI is InChI=1S/C16H16N2O3/c1-2-5-12-15(19)18-13(16(20)17-12)9-11-8-10-6-3-4-7-14(10)21-11/h2-4,6-8,12-13H,1,5,9H2,(H,17,20)(H,18,19)/t12-,13?/m1/s1. The molecule has 1 aromatic heterocycles. The molecule has 0 radical (unpaired) electrons. The normalized spacial score (nSPS) is 21.9. The molecule has 1 aromatic carbocycles. The zero-order valence-corrected chi connectivity index (χ0v) is 11.5. The molecule has 0 aliphatic carbocycles. The summed E-state index contributed by atoms with van der Waals surface area (Å²) < 4.78 is 5.68. The van der Waals surface area contributed by atoms with Gasteiger partial charge in [0.15, 0.2) is 0 Å². The monoisotopic (exact) mass is 284 g/mol. The molecule has 0 spiro atoms. The molecule has 1 aliphatic heterocycles. The minimum absolute atomic E-state index is 0.185. The van der Waals surface area contributed by atoms with Gasteiger partial charge in [-0.15, -0.1) is 6.58 Å². The summed E-state index contributed by atoms with van der Waals surface area (Å²) in [5.41, 5.74) is 0.777. The first-order valence-electron chi connectivity index (χ1n) is 6.86. The Kier molecular flexibility index (Phi) is 3.48. The van der Waals surface area contributed by atoms with Crippen molar-refractivity contribution in [3.63, 3.8) is 0 Å². The number of nitrogens with one attached hydrogen (secondary N) is 2. The Bertz CT molecular complexity index is 671. The van der Waals surface area contributed by atoms with Crippen molar-refractivity contribution in [1.29, 1.82) is 0 Å². The molecule has 2 N–H and O–H groups in total. The number of carbonyl (C=O) groups is 2. The quantitative estimate of drug-likeness (QED) is 0.836. The Labute approximate surface area is 122 Å². The zero-order chi connectivity index (χ0) is 14.8. The van der Waals surface area contributed by atoms with Crippen LogP contribution in [0.5, 0.6) is 0 Å². The van der Waals surface area contributed by atoms with E-state index in [1.54, 1.807) is 6.08 Å². The van der Waals surface area contributed by atoms with Gasteiger partial charge >= 0.3 is 0 Å². The number of fused-ring (bicyclic) bond motifs is 1. The van der Waals surface area contributed by atoms with Crippen LogP contribution in [-0.2, 0) is 16.0 Å². The number of hydrogen-bond donors (Lipinski definition) is 2. The summed E-state index contributed by atoms with van der Waals surface area (Å²) in [5.74, 6) is 0.302. The number of benzene rings is 1. The molecule has 21 heavy (non-hydrogen) atoms. The van der Waals surface area contributed by atoms with Gasteiger partial charge in [-0.25, -0.2) is 0 Å². The van der Waals surface area contributed by atoms with Crippen molar-refractivity contribution in [2.75, 3.05) is 0 Å². The van der Waals surface area contributed by atoms with Gasteiger partial charge in [0.25, 0.3) is 0 Å².